The number of anilines is 1. The topological polar surface area (TPSA) is 67.9 Å². The lowest BCUT2D eigenvalue weighted by atomic mass is 10.0. The standard InChI is InChI=1S/C28H32N2O4S/c1-20(2)8-7-9-21(3)16-18-33-19-17-25-26(31)29-28(35)30(27(25)32)22-12-14-24(15-13-22)34-23-10-5-4-6-11-23/h4-6,8,10-15,17,21H,7,9,16,18-19H2,1-3H3,(H,29,31,35)/b25-17+. The molecule has 1 aliphatic heterocycles. The van der Waals surface area contributed by atoms with Crippen molar-refractivity contribution in [2.24, 2.45) is 5.92 Å². The van der Waals surface area contributed by atoms with Crippen molar-refractivity contribution in [3.8, 4) is 11.5 Å². The molecule has 35 heavy (non-hydrogen) atoms. The Morgan fingerprint density at radius 2 is 1.71 bits per heavy atom. The number of allylic oxidation sites excluding steroid dienone is 2. The SMILES string of the molecule is CC(C)=CCCC(C)CCOC/C=C1\C(=O)NC(=S)N(c2ccc(Oc3ccccc3)cc2)C1=O. The molecule has 1 atom stereocenters. The predicted molar refractivity (Wildman–Crippen MR) is 143 cm³/mol. The molecular formula is C28H32N2O4S. The lowest BCUT2D eigenvalue weighted by molar-refractivity contribution is -0.122. The molecule has 0 saturated carbocycles. The highest BCUT2D eigenvalue weighted by molar-refractivity contribution is 7.80. The van der Waals surface area contributed by atoms with Crippen LogP contribution in [0.15, 0.2) is 77.9 Å². The molecule has 1 unspecified atom stereocenters. The van der Waals surface area contributed by atoms with Crippen molar-refractivity contribution in [1.29, 1.82) is 0 Å². The zero-order valence-corrected chi connectivity index (χ0v) is 21.3. The highest BCUT2D eigenvalue weighted by atomic mass is 32.1. The first-order chi connectivity index (χ1) is 16.8. The molecule has 1 N–H and O–H groups in total. The van der Waals surface area contributed by atoms with E-state index in [-0.39, 0.29) is 17.3 Å². The Hall–Kier alpha value is -3.29. The molecule has 0 spiro atoms. The molecule has 2 aromatic carbocycles. The van der Waals surface area contributed by atoms with Crippen molar-refractivity contribution < 1.29 is 19.1 Å². The Morgan fingerprint density at radius 3 is 2.40 bits per heavy atom. The van der Waals surface area contributed by atoms with E-state index < -0.39 is 11.8 Å². The molecule has 0 aliphatic carbocycles. The summed E-state index contributed by atoms with van der Waals surface area (Å²) in [6.45, 7) is 7.16. The van der Waals surface area contributed by atoms with Crippen molar-refractivity contribution in [2.75, 3.05) is 18.1 Å². The largest absolute Gasteiger partial charge is 0.457 e. The number of nitrogens with one attached hydrogen (secondary N) is 1. The van der Waals surface area contributed by atoms with Crippen LogP contribution in [0.4, 0.5) is 5.69 Å². The molecule has 0 aromatic heterocycles. The van der Waals surface area contributed by atoms with Gasteiger partial charge in [0.2, 0.25) is 0 Å². The van der Waals surface area contributed by atoms with Gasteiger partial charge in [0.15, 0.2) is 5.11 Å². The molecule has 1 fully saturated rings. The number of carbonyl (C=O) groups excluding carboxylic acids is 2. The fourth-order valence-corrected chi connectivity index (χ4v) is 3.82. The summed E-state index contributed by atoms with van der Waals surface area (Å²) in [5.41, 5.74) is 1.89. The smallest absolute Gasteiger partial charge is 0.269 e. The number of para-hydroxylation sites is 1. The van der Waals surface area contributed by atoms with Gasteiger partial charge in [0.05, 0.1) is 12.3 Å². The summed E-state index contributed by atoms with van der Waals surface area (Å²) in [5.74, 6) is 0.885. The van der Waals surface area contributed by atoms with Gasteiger partial charge in [0.1, 0.15) is 17.1 Å². The van der Waals surface area contributed by atoms with Crippen molar-refractivity contribution >= 4 is 34.8 Å². The normalized spacial score (nSPS) is 15.7. The van der Waals surface area contributed by atoms with Crippen molar-refractivity contribution in [2.45, 2.75) is 40.0 Å². The van der Waals surface area contributed by atoms with Gasteiger partial charge in [-0.15, -0.1) is 0 Å². The third-order valence-corrected chi connectivity index (χ3v) is 5.83. The van der Waals surface area contributed by atoms with E-state index in [0.717, 1.165) is 19.3 Å². The molecule has 0 radical (unpaired) electrons. The monoisotopic (exact) mass is 492 g/mol. The number of hydrogen-bond donors (Lipinski definition) is 1. The first-order valence-corrected chi connectivity index (χ1v) is 12.2. The lowest BCUT2D eigenvalue weighted by Crippen LogP contribution is -2.54. The molecule has 2 aromatic rings. The second-order valence-electron chi connectivity index (χ2n) is 8.75. The number of amides is 2. The van der Waals surface area contributed by atoms with Crippen LogP contribution in [0.5, 0.6) is 11.5 Å². The highest BCUT2D eigenvalue weighted by Crippen LogP contribution is 2.26. The van der Waals surface area contributed by atoms with Gasteiger partial charge in [0.25, 0.3) is 11.8 Å². The molecule has 1 saturated heterocycles. The maximum atomic E-state index is 13.1. The number of ether oxygens (including phenoxy) is 2. The van der Waals surface area contributed by atoms with Crippen molar-refractivity contribution in [3.63, 3.8) is 0 Å². The second kappa shape index (κ2) is 13.0. The van der Waals surface area contributed by atoms with Gasteiger partial charge in [-0.2, -0.15) is 0 Å². The Bertz CT molecular complexity index is 1090. The Balaban J connectivity index is 1.56. The van der Waals surface area contributed by atoms with Crippen LogP contribution >= 0.6 is 12.2 Å². The molecule has 6 nitrogen and oxygen atoms in total. The number of thiocarbonyl (C=S) groups is 1. The third kappa shape index (κ3) is 7.87. The van der Waals surface area contributed by atoms with Gasteiger partial charge in [-0.3, -0.25) is 19.8 Å². The van der Waals surface area contributed by atoms with Crippen LogP contribution in [0.2, 0.25) is 0 Å². The van der Waals surface area contributed by atoms with Crippen LogP contribution < -0.4 is 15.0 Å². The molecular weight excluding hydrogens is 460 g/mol. The van der Waals surface area contributed by atoms with Gasteiger partial charge >= 0.3 is 0 Å². The van der Waals surface area contributed by atoms with Crippen LogP contribution in [0.25, 0.3) is 0 Å². The quantitative estimate of drug-likeness (QED) is 0.138. The average molecular weight is 493 g/mol. The van der Waals surface area contributed by atoms with Gasteiger partial charge in [-0.25, -0.2) is 0 Å². The van der Waals surface area contributed by atoms with E-state index >= 15 is 0 Å². The maximum absolute atomic E-state index is 13.1. The van der Waals surface area contributed by atoms with Crippen LogP contribution in [0.3, 0.4) is 0 Å². The minimum Gasteiger partial charge on any atom is -0.457 e. The predicted octanol–water partition coefficient (Wildman–Crippen LogP) is 5.94. The van der Waals surface area contributed by atoms with E-state index in [1.807, 2.05) is 30.3 Å². The van der Waals surface area contributed by atoms with Crippen LogP contribution in [0.1, 0.15) is 40.0 Å². The average Bonchev–Trinajstić information content (AvgIpc) is 2.82. The fourth-order valence-electron chi connectivity index (χ4n) is 3.54. The van der Waals surface area contributed by atoms with Crippen LogP contribution in [-0.2, 0) is 14.3 Å². The van der Waals surface area contributed by atoms with Gasteiger partial charge in [-0.1, -0.05) is 36.8 Å². The Kier molecular flexibility index (Phi) is 9.76. The molecule has 2 amide bonds. The molecule has 3 rings (SSSR count). The first-order valence-electron chi connectivity index (χ1n) is 11.8. The zero-order valence-electron chi connectivity index (χ0n) is 20.5. The summed E-state index contributed by atoms with van der Waals surface area (Å²) in [6, 6.07) is 16.4. The Morgan fingerprint density at radius 1 is 1.03 bits per heavy atom. The van der Waals surface area contributed by atoms with Crippen LogP contribution in [0, 0.1) is 5.92 Å². The molecule has 184 valence electrons. The van der Waals surface area contributed by atoms with Gasteiger partial charge < -0.3 is 9.47 Å². The van der Waals surface area contributed by atoms with Crippen molar-refractivity contribution in [3.05, 3.63) is 77.9 Å². The van der Waals surface area contributed by atoms with Gasteiger partial charge in [0, 0.05) is 6.61 Å². The Labute approximate surface area is 212 Å². The summed E-state index contributed by atoms with van der Waals surface area (Å²) < 4.78 is 11.5. The first kappa shape index (κ1) is 26.3. The van der Waals surface area contributed by atoms with E-state index in [4.69, 9.17) is 21.7 Å². The highest BCUT2D eigenvalue weighted by Gasteiger charge is 2.34. The van der Waals surface area contributed by atoms with Gasteiger partial charge in [-0.05, 0) is 93.7 Å². The molecule has 7 heteroatoms. The van der Waals surface area contributed by atoms with Crippen molar-refractivity contribution in [1.82, 2.24) is 5.32 Å². The summed E-state index contributed by atoms with van der Waals surface area (Å²) >= 11 is 5.27. The maximum Gasteiger partial charge on any atom is 0.269 e. The van der Waals surface area contributed by atoms with E-state index in [9.17, 15) is 9.59 Å². The summed E-state index contributed by atoms with van der Waals surface area (Å²) in [4.78, 5) is 26.8. The number of carbonyl (C=O) groups is 2. The summed E-state index contributed by atoms with van der Waals surface area (Å²) in [7, 11) is 0. The third-order valence-electron chi connectivity index (χ3n) is 5.55. The molecule has 1 heterocycles. The number of benzene rings is 2. The number of rotatable bonds is 11. The van der Waals surface area contributed by atoms with E-state index in [1.54, 1.807) is 24.3 Å². The number of nitrogens with zero attached hydrogens (tertiary/aromatic N) is 1. The minimum absolute atomic E-state index is 0.0137. The fraction of sp³-hybridized carbons (Fsp3) is 0.321. The zero-order chi connectivity index (χ0) is 25.2. The number of hydrogen-bond acceptors (Lipinski definition) is 5. The van der Waals surface area contributed by atoms with E-state index in [0.29, 0.717) is 29.7 Å². The van der Waals surface area contributed by atoms with E-state index in [2.05, 4.69) is 32.2 Å². The summed E-state index contributed by atoms with van der Waals surface area (Å²) in [6.07, 6.45) is 6.87. The minimum atomic E-state index is -0.515. The van der Waals surface area contributed by atoms with Crippen LogP contribution in [-0.4, -0.2) is 30.1 Å². The molecule has 0 bridgehead atoms. The lowest BCUT2D eigenvalue weighted by Gasteiger charge is -2.29. The second-order valence-corrected chi connectivity index (χ2v) is 9.14. The summed E-state index contributed by atoms with van der Waals surface area (Å²) in [5, 5.41) is 2.63. The van der Waals surface area contributed by atoms with E-state index in [1.165, 1.54) is 16.5 Å². The molecule has 1 aliphatic rings.